The molecule has 0 aliphatic heterocycles. The van der Waals surface area contributed by atoms with Gasteiger partial charge in [0.25, 0.3) is 5.88 Å². The Labute approximate surface area is 126 Å². The summed E-state index contributed by atoms with van der Waals surface area (Å²) in [5, 5.41) is 18.0. The maximum Gasteiger partial charge on any atom is 0.359 e. The monoisotopic (exact) mass is 326 g/mol. The molecule has 0 bridgehead atoms. The SMILES string of the molecule is CN(C)S(=O)(=O)c1ccc(COc2nn[nH]c2C(=O)O)cc1. The quantitative estimate of drug-likeness (QED) is 0.783. The second-order valence-corrected chi connectivity index (χ2v) is 6.67. The van der Waals surface area contributed by atoms with E-state index in [-0.39, 0.29) is 23.1 Å². The molecular formula is C12H14N4O5S. The van der Waals surface area contributed by atoms with Gasteiger partial charge >= 0.3 is 5.97 Å². The Morgan fingerprint density at radius 3 is 2.50 bits per heavy atom. The van der Waals surface area contributed by atoms with Gasteiger partial charge in [-0.05, 0) is 17.7 Å². The molecule has 0 saturated carbocycles. The van der Waals surface area contributed by atoms with E-state index in [4.69, 9.17) is 9.84 Å². The van der Waals surface area contributed by atoms with Crippen LogP contribution >= 0.6 is 0 Å². The fourth-order valence-electron chi connectivity index (χ4n) is 1.58. The van der Waals surface area contributed by atoms with Crippen LogP contribution in [-0.4, -0.2) is 53.3 Å². The maximum atomic E-state index is 11.9. The Bertz CT molecular complexity index is 767. The number of aromatic nitrogens is 3. The van der Waals surface area contributed by atoms with Crippen molar-refractivity contribution in [3.05, 3.63) is 35.5 Å². The van der Waals surface area contributed by atoms with Crippen LogP contribution in [0.5, 0.6) is 5.88 Å². The molecule has 2 rings (SSSR count). The van der Waals surface area contributed by atoms with Crippen molar-refractivity contribution in [2.24, 2.45) is 0 Å². The highest BCUT2D eigenvalue weighted by Gasteiger charge is 2.18. The second-order valence-electron chi connectivity index (χ2n) is 4.52. The third-order valence-electron chi connectivity index (χ3n) is 2.81. The van der Waals surface area contributed by atoms with Crippen LogP contribution in [0.4, 0.5) is 0 Å². The average molecular weight is 326 g/mol. The number of nitrogens with one attached hydrogen (secondary N) is 1. The smallest absolute Gasteiger partial charge is 0.359 e. The fraction of sp³-hybridized carbons (Fsp3) is 0.250. The first kappa shape index (κ1) is 15.9. The first-order valence-electron chi connectivity index (χ1n) is 6.11. The number of ether oxygens (including phenoxy) is 1. The Kier molecular flexibility index (Phi) is 4.43. The molecule has 0 aliphatic carbocycles. The number of H-pyrrole nitrogens is 1. The first-order chi connectivity index (χ1) is 10.3. The molecule has 0 radical (unpaired) electrons. The van der Waals surface area contributed by atoms with Gasteiger partial charge < -0.3 is 9.84 Å². The Hall–Kier alpha value is -2.46. The lowest BCUT2D eigenvalue weighted by Gasteiger charge is -2.11. The van der Waals surface area contributed by atoms with E-state index >= 15 is 0 Å². The summed E-state index contributed by atoms with van der Waals surface area (Å²) < 4.78 is 30.2. The highest BCUT2D eigenvalue weighted by atomic mass is 32.2. The number of carboxylic acid groups (broad SMARTS) is 1. The summed E-state index contributed by atoms with van der Waals surface area (Å²) in [6, 6.07) is 6.07. The van der Waals surface area contributed by atoms with E-state index in [1.165, 1.54) is 26.2 Å². The Balaban J connectivity index is 2.09. The summed E-state index contributed by atoms with van der Waals surface area (Å²) >= 11 is 0. The van der Waals surface area contributed by atoms with Crippen molar-refractivity contribution in [2.75, 3.05) is 14.1 Å². The van der Waals surface area contributed by atoms with Crippen LogP contribution in [0.3, 0.4) is 0 Å². The second kappa shape index (κ2) is 6.12. The molecule has 9 nitrogen and oxygen atoms in total. The van der Waals surface area contributed by atoms with Crippen molar-refractivity contribution < 1.29 is 23.1 Å². The topological polar surface area (TPSA) is 125 Å². The van der Waals surface area contributed by atoms with Gasteiger partial charge in [0.05, 0.1) is 4.90 Å². The van der Waals surface area contributed by atoms with Crippen molar-refractivity contribution in [1.82, 2.24) is 19.7 Å². The van der Waals surface area contributed by atoms with E-state index in [1.54, 1.807) is 12.1 Å². The number of carboxylic acids is 1. The zero-order valence-corrected chi connectivity index (χ0v) is 12.7. The molecule has 22 heavy (non-hydrogen) atoms. The number of aromatic carboxylic acids is 1. The van der Waals surface area contributed by atoms with Gasteiger partial charge in [-0.15, -0.1) is 0 Å². The molecule has 0 fully saturated rings. The maximum absolute atomic E-state index is 11.9. The van der Waals surface area contributed by atoms with Crippen LogP contribution in [0.1, 0.15) is 16.1 Å². The van der Waals surface area contributed by atoms with Gasteiger partial charge in [-0.2, -0.15) is 0 Å². The van der Waals surface area contributed by atoms with E-state index in [2.05, 4.69) is 15.4 Å². The van der Waals surface area contributed by atoms with E-state index < -0.39 is 16.0 Å². The molecule has 0 unspecified atom stereocenters. The van der Waals surface area contributed by atoms with Gasteiger partial charge in [0, 0.05) is 14.1 Å². The molecule has 1 aromatic heterocycles. The number of aromatic amines is 1. The van der Waals surface area contributed by atoms with Gasteiger partial charge in [-0.3, -0.25) is 0 Å². The summed E-state index contributed by atoms with van der Waals surface area (Å²) in [6.45, 7) is 0.0368. The number of carbonyl (C=O) groups is 1. The van der Waals surface area contributed by atoms with Crippen molar-refractivity contribution in [1.29, 1.82) is 0 Å². The average Bonchev–Trinajstić information content (AvgIpc) is 2.94. The van der Waals surface area contributed by atoms with Crippen molar-refractivity contribution in [3.8, 4) is 5.88 Å². The molecule has 0 amide bonds. The summed E-state index contributed by atoms with van der Waals surface area (Å²) in [5.41, 5.74) is 0.420. The largest absolute Gasteiger partial charge is 0.476 e. The highest BCUT2D eigenvalue weighted by Crippen LogP contribution is 2.16. The van der Waals surface area contributed by atoms with Crippen LogP contribution < -0.4 is 4.74 Å². The lowest BCUT2D eigenvalue weighted by Crippen LogP contribution is -2.22. The first-order valence-corrected chi connectivity index (χ1v) is 7.55. The van der Waals surface area contributed by atoms with E-state index in [1.807, 2.05) is 0 Å². The molecule has 0 saturated heterocycles. The lowest BCUT2D eigenvalue weighted by molar-refractivity contribution is 0.0685. The van der Waals surface area contributed by atoms with Crippen LogP contribution in [0.2, 0.25) is 0 Å². The zero-order chi connectivity index (χ0) is 16.3. The number of hydrogen-bond donors (Lipinski definition) is 2. The molecule has 0 aliphatic rings. The van der Waals surface area contributed by atoms with E-state index in [0.717, 1.165) is 4.31 Å². The van der Waals surface area contributed by atoms with Gasteiger partial charge in [0.2, 0.25) is 15.7 Å². The highest BCUT2D eigenvalue weighted by molar-refractivity contribution is 7.89. The van der Waals surface area contributed by atoms with E-state index in [9.17, 15) is 13.2 Å². The predicted molar refractivity (Wildman–Crippen MR) is 75.0 cm³/mol. The van der Waals surface area contributed by atoms with Crippen LogP contribution in [-0.2, 0) is 16.6 Å². The number of rotatable bonds is 6. The van der Waals surface area contributed by atoms with Crippen molar-refractivity contribution in [3.63, 3.8) is 0 Å². The van der Waals surface area contributed by atoms with Crippen molar-refractivity contribution in [2.45, 2.75) is 11.5 Å². The number of benzene rings is 1. The van der Waals surface area contributed by atoms with Gasteiger partial charge in [0.15, 0.2) is 0 Å². The molecule has 0 spiro atoms. The van der Waals surface area contributed by atoms with Gasteiger partial charge in [-0.1, -0.05) is 22.4 Å². The van der Waals surface area contributed by atoms with Gasteiger partial charge in [0.1, 0.15) is 6.61 Å². The third kappa shape index (κ3) is 3.23. The Morgan fingerprint density at radius 2 is 1.95 bits per heavy atom. The lowest BCUT2D eigenvalue weighted by atomic mass is 10.2. The standard InChI is InChI=1S/C12H14N4O5S/c1-16(2)22(19,20)9-5-3-8(4-6-9)7-21-11-10(12(17)18)13-15-14-11/h3-6H,7H2,1-2H3,(H,17,18)(H,13,14,15). The molecule has 118 valence electrons. The summed E-state index contributed by atoms with van der Waals surface area (Å²) in [5.74, 6) is -1.36. The minimum atomic E-state index is -3.48. The summed E-state index contributed by atoms with van der Waals surface area (Å²) in [4.78, 5) is 11.0. The minimum Gasteiger partial charge on any atom is -0.476 e. The van der Waals surface area contributed by atoms with Crippen LogP contribution in [0.15, 0.2) is 29.2 Å². The molecule has 2 aromatic rings. The zero-order valence-electron chi connectivity index (χ0n) is 11.8. The molecule has 10 heteroatoms. The predicted octanol–water partition coefficient (Wildman–Crippen LogP) is 0.332. The summed E-state index contributed by atoms with van der Waals surface area (Å²) in [7, 11) is -0.585. The van der Waals surface area contributed by atoms with Crippen molar-refractivity contribution >= 4 is 16.0 Å². The third-order valence-corrected chi connectivity index (χ3v) is 4.64. The number of sulfonamides is 1. The summed E-state index contributed by atoms with van der Waals surface area (Å²) in [6.07, 6.45) is 0. The minimum absolute atomic E-state index is 0.0368. The number of nitrogens with zero attached hydrogens (tertiary/aromatic N) is 3. The molecule has 2 N–H and O–H groups in total. The molecule has 1 heterocycles. The normalized spacial score (nSPS) is 11.6. The van der Waals surface area contributed by atoms with Gasteiger partial charge in [-0.25, -0.2) is 22.6 Å². The van der Waals surface area contributed by atoms with E-state index in [0.29, 0.717) is 5.56 Å². The molecule has 0 atom stereocenters. The fourth-order valence-corrected chi connectivity index (χ4v) is 2.48. The Morgan fingerprint density at radius 1 is 1.32 bits per heavy atom. The molecule has 1 aromatic carbocycles. The molecular weight excluding hydrogens is 312 g/mol. The number of hydrogen-bond acceptors (Lipinski definition) is 6. The van der Waals surface area contributed by atoms with Crippen LogP contribution in [0, 0.1) is 0 Å². The van der Waals surface area contributed by atoms with Crippen LogP contribution in [0.25, 0.3) is 0 Å².